The van der Waals surface area contributed by atoms with Gasteiger partial charge in [0.1, 0.15) is 5.75 Å². The summed E-state index contributed by atoms with van der Waals surface area (Å²) in [5.74, 6) is -3.61. The molecule has 1 atom stereocenters. The maximum Gasteiger partial charge on any atom is 0.573 e. The number of aromatic nitrogens is 1. The van der Waals surface area contributed by atoms with E-state index in [1.165, 1.54) is 0 Å². The van der Waals surface area contributed by atoms with E-state index in [-0.39, 0.29) is 16.6 Å². The fourth-order valence-electron chi connectivity index (χ4n) is 4.88. The van der Waals surface area contributed by atoms with Gasteiger partial charge in [-0.3, -0.25) is 20.4 Å². The summed E-state index contributed by atoms with van der Waals surface area (Å²) >= 11 is 0. The van der Waals surface area contributed by atoms with Crippen LogP contribution in [-0.2, 0) is 19.1 Å². The molecule has 240 valence electrons. The summed E-state index contributed by atoms with van der Waals surface area (Å²) < 4.78 is 114. The topological polar surface area (TPSA) is 150 Å². The molecule has 0 aliphatic rings. The number of sulfone groups is 1. The van der Waals surface area contributed by atoms with Crippen LogP contribution in [0, 0.1) is 0 Å². The van der Waals surface area contributed by atoms with E-state index in [2.05, 4.69) is 9.72 Å². The minimum absolute atomic E-state index is 0.287. The Bertz CT molecular complexity index is 1400. The molecule has 10 nitrogen and oxygen atoms in total. The lowest BCUT2D eigenvalue weighted by Gasteiger charge is -2.44. The molecule has 2 aromatic rings. The number of anilines is 1. The predicted octanol–water partition coefficient (Wildman–Crippen LogP) is 5.28. The Balaban J connectivity index is 2.24. The molecule has 43 heavy (non-hydrogen) atoms. The SMILES string of the molecule is CC(C)[Si](OC(C(=O)NNC(=O)c1ncc(S(=O)(=O)c2ccc(OC(F)(F)F)cc2)cc1N)C(F)(F)F)(C(C)C)C(C)C. The zero-order valence-corrected chi connectivity index (χ0v) is 25.7. The number of carbonyl (C=O) groups excluding carboxylic acids is 2. The van der Waals surface area contributed by atoms with Crippen LogP contribution in [0.15, 0.2) is 46.3 Å². The zero-order valence-electron chi connectivity index (χ0n) is 23.9. The molecule has 18 heteroatoms. The van der Waals surface area contributed by atoms with Crippen molar-refractivity contribution in [2.45, 2.75) is 86.6 Å². The fraction of sp³-hybridized carbons (Fsp3) is 0.480. The van der Waals surface area contributed by atoms with Gasteiger partial charge in [0.05, 0.1) is 15.5 Å². The van der Waals surface area contributed by atoms with E-state index in [4.69, 9.17) is 10.2 Å². The van der Waals surface area contributed by atoms with Crippen molar-refractivity contribution < 1.29 is 53.5 Å². The number of benzene rings is 1. The van der Waals surface area contributed by atoms with Crippen molar-refractivity contribution >= 4 is 35.7 Å². The first kappa shape index (κ1) is 35.8. The maximum atomic E-state index is 14.0. The van der Waals surface area contributed by atoms with Crippen LogP contribution in [0.3, 0.4) is 0 Å². The number of hydrogen-bond acceptors (Lipinski definition) is 8. The van der Waals surface area contributed by atoms with Crippen LogP contribution in [0.4, 0.5) is 32.0 Å². The normalized spacial score (nSPS) is 13.7. The van der Waals surface area contributed by atoms with Gasteiger partial charge in [-0.1, -0.05) is 41.5 Å². The first-order chi connectivity index (χ1) is 19.5. The molecule has 2 amide bonds. The van der Waals surface area contributed by atoms with Crippen LogP contribution < -0.4 is 21.3 Å². The average molecular weight is 659 g/mol. The summed E-state index contributed by atoms with van der Waals surface area (Å²) in [5, 5.41) is 0. The molecule has 0 fully saturated rings. The number of carbonyl (C=O) groups is 2. The molecule has 2 rings (SSSR count). The summed E-state index contributed by atoms with van der Waals surface area (Å²) in [6, 6.07) is 4.05. The zero-order chi connectivity index (χ0) is 33.1. The lowest BCUT2D eigenvalue weighted by molar-refractivity contribution is -0.274. The largest absolute Gasteiger partial charge is 0.573 e. The number of nitrogens with zero attached hydrogens (tertiary/aromatic N) is 1. The number of alkyl halides is 6. The van der Waals surface area contributed by atoms with Gasteiger partial charge in [0.2, 0.25) is 24.3 Å². The molecule has 0 aliphatic heterocycles. The van der Waals surface area contributed by atoms with Crippen molar-refractivity contribution in [3.8, 4) is 5.75 Å². The van der Waals surface area contributed by atoms with Gasteiger partial charge >= 0.3 is 12.5 Å². The highest BCUT2D eigenvalue weighted by Gasteiger charge is 2.55. The minimum Gasteiger partial charge on any atom is -0.406 e. The highest BCUT2D eigenvalue weighted by atomic mass is 32.2. The lowest BCUT2D eigenvalue weighted by Crippen LogP contribution is -2.59. The number of amides is 2. The summed E-state index contributed by atoms with van der Waals surface area (Å²) in [5.41, 5.74) is 7.20. The molecule has 0 saturated heterocycles. The van der Waals surface area contributed by atoms with Crippen LogP contribution >= 0.6 is 0 Å². The van der Waals surface area contributed by atoms with Gasteiger partial charge < -0.3 is 14.9 Å². The van der Waals surface area contributed by atoms with Gasteiger partial charge in [0.25, 0.3) is 11.8 Å². The van der Waals surface area contributed by atoms with Crippen LogP contribution in [0.25, 0.3) is 0 Å². The van der Waals surface area contributed by atoms with E-state index in [9.17, 15) is 44.3 Å². The number of ether oxygens (including phenoxy) is 1. The van der Waals surface area contributed by atoms with E-state index < -0.39 is 75.5 Å². The number of hydrogen-bond donors (Lipinski definition) is 3. The first-order valence-corrected chi connectivity index (χ1v) is 16.4. The number of pyridine rings is 1. The van der Waals surface area contributed by atoms with Gasteiger partial charge in [-0.2, -0.15) is 13.2 Å². The summed E-state index contributed by atoms with van der Waals surface area (Å²) in [4.78, 5) is 27.9. The highest BCUT2D eigenvalue weighted by Crippen LogP contribution is 2.44. The fourth-order valence-corrected chi connectivity index (χ4v) is 11.6. The maximum absolute atomic E-state index is 14.0. The molecule has 0 radical (unpaired) electrons. The Hall–Kier alpha value is -3.38. The van der Waals surface area contributed by atoms with Gasteiger partial charge in [-0.05, 0) is 47.0 Å². The second-order valence-electron chi connectivity index (χ2n) is 10.4. The first-order valence-electron chi connectivity index (χ1n) is 12.7. The Morgan fingerprint density at radius 2 is 1.40 bits per heavy atom. The summed E-state index contributed by atoms with van der Waals surface area (Å²) in [7, 11) is -7.57. The third-order valence-corrected chi connectivity index (χ3v) is 14.4. The standard InChI is InChI=1S/C25H32F6N4O6SSi/c1-13(2)43(14(3)4,15(5)6)41-21(24(26,27)28)23(37)35-34-22(36)20-19(32)11-18(12-33-20)42(38,39)17-9-7-16(8-10-17)40-25(29,30)31/h7-15,21H,32H2,1-6H3,(H,34,36)(H,35,37). The Morgan fingerprint density at radius 3 is 1.81 bits per heavy atom. The minimum atomic E-state index is -5.11. The van der Waals surface area contributed by atoms with Gasteiger partial charge in [-0.15, -0.1) is 13.2 Å². The molecule has 1 aromatic carbocycles. The van der Waals surface area contributed by atoms with Crippen molar-refractivity contribution in [2.24, 2.45) is 0 Å². The van der Waals surface area contributed by atoms with Crippen LogP contribution in [0.5, 0.6) is 5.75 Å². The Morgan fingerprint density at radius 1 is 0.884 bits per heavy atom. The third kappa shape index (κ3) is 8.38. The van der Waals surface area contributed by atoms with E-state index in [0.717, 1.165) is 30.3 Å². The van der Waals surface area contributed by atoms with Gasteiger partial charge in [0.15, 0.2) is 5.69 Å². The highest BCUT2D eigenvalue weighted by molar-refractivity contribution is 7.91. The molecule has 0 bridgehead atoms. The van der Waals surface area contributed by atoms with Crippen molar-refractivity contribution in [1.82, 2.24) is 15.8 Å². The molecular weight excluding hydrogens is 626 g/mol. The third-order valence-electron chi connectivity index (χ3n) is 6.65. The molecule has 1 heterocycles. The monoisotopic (exact) mass is 658 g/mol. The number of halogens is 6. The summed E-state index contributed by atoms with van der Waals surface area (Å²) in [6.07, 6.45) is -12.3. The Labute approximate surface area is 245 Å². The van der Waals surface area contributed by atoms with Crippen molar-refractivity contribution in [3.05, 3.63) is 42.2 Å². The average Bonchev–Trinajstić information content (AvgIpc) is 2.85. The van der Waals surface area contributed by atoms with E-state index in [1.54, 1.807) is 52.4 Å². The number of rotatable bonds is 10. The molecule has 4 N–H and O–H groups in total. The molecule has 1 unspecified atom stereocenters. The Kier molecular flexibility index (Phi) is 10.9. The quantitative estimate of drug-likeness (QED) is 0.177. The smallest absolute Gasteiger partial charge is 0.406 e. The molecule has 0 aliphatic carbocycles. The predicted molar refractivity (Wildman–Crippen MR) is 145 cm³/mol. The lowest BCUT2D eigenvalue weighted by atomic mass is 10.3. The number of hydrazine groups is 1. The molecule has 1 aromatic heterocycles. The van der Waals surface area contributed by atoms with E-state index >= 15 is 0 Å². The van der Waals surface area contributed by atoms with E-state index in [1.807, 2.05) is 0 Å². The van der Waals surface area contributed by atoms with Gasteiger partial charge in [-0.25, -0.2) is 13.4 Å². The van der Waals surface area contributed by atoms with Gasteiger partial charge in [0, 0.05) is 6.20 Å². The van der Waals surface area contributed by atoms with Crippen molar-refractivity contribution in [1.29, 1.82) is 0 Å². The number of nitrogens with two attached hydrogens (primary N) is 1. The van der Waals surface area contributed by atoms with Crippen LogP contribution in [0.1, 0.15) is 52.0 Å². The van der Waals surface area contributed by atoms with E-state index in [0.29, 0.717) is 6.20 Å². The van der Waals surface area contributed by atoms with Crippen molar-refractivity contribution in [2.75, 3.05) is 5.73 Å². The van der Waals surface area contributed by atoms with Crippen molar-refractivity contribution in [3.63, 3.8) is 0 Å². The second kappa shape index (κ2) is 13.1. The molecule has 0 spiro atoms. The van der Waals surface area contributed by atoms with Crippen LogP contribution in [0.2, 0.25) is 16.6 Å². The molecule has 0 saturated carbocycles. The van der Waals surface area contributed by atoms with Crippen LogP contribution in [-0.4, -0.2) is 52.2 Å². The number of nitrogen functional groups attached to an aromatic ring is 1. The molecular formula is C25H32F6N4O6SSi. The number of nitrogens with one attached hydrogen (secondary N) is 2. The summed E-state index contributed by atoms with van der Waals surface area (Å²) in [6.45, 7) is 10.4. The second-order valence-corrected chi connectivity index (χ2v) is 17.8.